The van der Waals surface area contributed by atoms with Gasteiger partial charge in [-0.05, 0) is 18.6 Å². The van der Waals surface area contributed by atoms with Crippen LogP contribution in [0.4, 0.5) is 22.7 Å². The second-order valence-electron chi connectivity index (χ2n) is 13.2. The molecule has 4 N–H and O–H groups in total. The Morgan fingerprint density at radius 2 is 0.771 bits per heavy atom. The van der Waals surface area contributed by atoms with E-state index in [1.54, 1.807) is 96.1 Å². The molecule has 0 radical (unpaired) electrons. The average Bonchev–Trinajstić information content (AvgIpc) is 2.63. The fourth-order valence-electron chi connectivity index (χ4n) is 2.55. The predicted octanol–water partition coefficient (Wildman–Crippen LogP) is 5.93. The number of carbonyl (C=O) groups is 4. The van der Waals surface area contributed by atoms with E-state index in [1.807, 2.05) is 0 Å². The van der Waals surface area contributed by atoms with Gasteiger partial charge < -0.3 is 21.3 Å². The van der Waals surface area contributed by atoms with Crippen molar-refractivity contribution < 1.29 is 19.2 Å². The first-order valence-corrected chi connectivity index (χ1v) is 11.9. The molecule has 0 heterocycles. The minimum absolute atomic E-state index is 0.218. The van der Waals surface area contributed by atoms with Crippen LogP contribution in [0, 0.1) is 28.6 Å². The average molecular weight is 489 g/mol. The maximum atomic E-state index is 13.1. The molecule has 0 spiro atoms. The summed E-state index contributed by atoms with van der Waals surface area (Å²) in [5, 5.41) is 11.6. The van der Waals surface area contributed by atoms with Gasteiger partial charge in [0.1, 0.15) is 0 Å². The molecule has 8 heteroatoms. The largest absolute Gasteiger partial charge is 0.324 e. The van der Waals surface area contributed by atoms with Crippen molar-refractivity contribution in [1.82, 2.24) is 0 Å². The van der Waals surface area contributed by atoms with Crippen molar-refractivity contribution in [3.63, 3.8) is 0 Å². The lowest BCUT2D eigenvalue weighted by atomic mass is 9.93. The van der Waals surface area contributed by atoms with Gasteiger partial charge in [0.2, 0.25) is 23.6 Å². The monoisotopic (exact) mass is 488 g/mol. The van der Waals surface area contributed by atoms with Gasteiger partial charge in [-0.15, -0.1) is 0 Å². The number of benzene rings is 1. The van der Waals surface area contributed by atoms with E-state index < -0.39 is 21.7 Å². The molecule has 0 aliphatic carbocycles. The molecule has 0 saturated heterocycles. The molecule has 8 nitrogen and oxygen atoms in total. The Labute approximate surface area is 210 Å². The number of amides is 4. The van der Waals surface area contributed by atoms with E-state index in [9.17, 15) is 19.2 Å². The minimum atomic E-state index is -0.755. The van der Waals surface area contributed by atoms with Crippen molar-refractivity contribution in [2.75, 3.05) is 21.3 Å². The van der Waals surface area contributed by atoms with E-state index in [1.165, 1.54) is 0 Å². The molecule has 1 rings (SSSR count). The van der Waals surface area contributed by atoms with Crippen molar-refractivity contribution in [3.8, 4) is 0 Å². The van der Waals surface area contributed by atoms with Crippen LogP contribution in [0.15, 0.2) is 6.07 Å². The molecule has 1 aromatic carbocycles. The van der Waals surface area contributed by atoms with Crippen molar-refractivity contribution in [3.05, 3.63) is 11.6 Å². The lowest BCUT2D eigenvalue weighted by Crippen LogP contribution is -2.34. The van der Waals surface area contributed by atoms with Gasteiger partial charge in [0.05, 0.1) is 22.7 Å². The molecule has 0 fully saturated rings. The normalized spacial score (nSPS) is 12.6. The van der Waals surface area contributed by atoms with Gasteiger partial charge in [0, 0.05) is 21.7 Å². The first-order chi connectivity index (χ1) is 15.5. The van der Waals surface area contributed by atoms with Crippen LogP contribution in [-0.4, -0.2) is 23.6 Å². The van der Waals surface area contributed by atoms with Gasteiger partial charge in [0.15, 0.2) is 0 Å². The van der Waals surface area contributed by atoms with Gasteiger partial charge >= 0.3 is 0 Å². The number of aryl methyl sites for hydroxylation is 1. The molecule has 0 atom stereocenters. The van der Waals surface area contributed by atoms with E-state index in [0.29, 0.717) is 16.9 Å². The zero-order valence-corrected chi connectivity index (χ0v) is 23.7. The zero-order valence-electron chi connectivity index (χ0n) is 23.7. The first kappa shape index (κ1) is 30.1. The highest BCUT2D eigenvalue weighted by atomic mass is 16.2. The third-order valence-electron chi connectivity index (χ3n) is 5.21. The van der Waals surface area contributed by atoms with Gasteiger partial charge in [-0.25, -0.2) is 0 Å². The van der Waals surface area contributed by atoms with Crippen LogP contribution in [-0.2, 0) is 19.2 Å². The maximum Gasteiger partial charge on any atom is 0.229 e. The number of carbonyl (C=O) groups excluding carboxylic acids is 4. The topological polar surface area (TPSA) is 116 Å². The highest BCUT2D eigenvalue weighted by molar-refractivity contribution is 6.14. The SMILES string of the molecule is Cc1cc(NC(=O)C(C)(C)C)c(NC(=O)C(C)(C)C)c(NC(=O)C(C)(C)C)c1NC(=O)C(C)(C)C. The highest BCUT2D eigenvalue weighted by Crippen LogP contribution is 2.43. The molecule has 4 amide bonds. The second kappa shape index (κ2) is 9.99. The minimum Gasteiger partial charge on any atom is -0.324 e. The molecular weight excluding hydrogens is 444 g/mol. The molecular formula is C27H44N4O4. The molecule has 0 aliphatic rings. The summed E-state index contributed by atoms with van der Waals surface area (Å²) in [6.45, 7) is 23.0. The van der Waals surface area contributed by atoms with Crippen molar-refractivity contribution in [2.45, 2.75) is 90.0 Å². The van der Waals surface area contributed by atoms with Gasteiger partial charge in [-0.2, -0.15) is 0 Å². The van der Waals surface area contributed by atoms with E-state index in [-0.39, 0.29) is 35.0 Å². The molecule has 0 unspecified atom stereocenters. The van der Waals surface area contributed by atoms with Crippen LogP contribution in [0.5, 0.6) is 0 Å². The van der Waals surface area contributed by atoms with E-state index >= 15 is 0 Å². The van der Waals surface area contributed by atoms with E-state index in [2.05, 4.69) is 21.3 Å². The third kappa shape index (κ3) is 8.08. The zero-order chi connectivity index (χ0) is 27.7. The summed E-state index contributed by atoms with van der Waals surface area (Å²) in [5.74, 6) is -1.14. The number of hydrogen-bond donors (Lipinski definition) is 4. The summed E-state index contributed by atoms with van der Waals surface area (Å²) in [4.78, 5) is 52.0. The fraction of sp³-hybridized carbons (Fsp3) is 0.630. The number of hydrogen-bond acceptors (Lipinski definition) is 4. The predicted molar refractivity (Wildman–Crippen MR) is 144 cm³/mol. The molecule has 196 valence electrons. The fourth-order valence-corrected chi connectivity index (χ4v) is 2.55. The van der Waals surface area contributed by atoms with Crippen molar-refractivity contribution >= 4 is 46.4 Å². The quantitative estimate of drug-likeness (QED) is 0.420. The number of rotatable bonds is 4. The Balaban J connectivity index is 3.94. The smallest absolute Gasteiger partial charge is 0.229 e. The summed E-state index contributed by atoms with van der Waals surface area (Å²) in [6.07, 6.45) is 0. The molecule has 1 aromatic rings. The van der Waals surface area contributed by atoms with Crippen LogP contribution in [0.25, 0.3) is 0 Å². The number of nitrogens with one attached hydrogen (secondary N) is 4. The van der Waals surface area contributed by atoms with Crippen LogP contribution in [0.1, 0.15) is 88.6 Å². The van der Waals surface area contributed by atoms with Crippen molar-refractivity contribution in [2.24, 2.45) is 21.7 Å². The lowest BCUT2D eigenvalue weighted by molar-refractivity contribution is -0.124. The summed E-state index contributed by atoms with van der Waals surface area (Å²) in [7, 11) is 0. The Bertz CT molecular complexity index is 1010. The number of anilines is 4. The Morgan fingerprint density at radius 1 is 0.486 bits per heavy atom. The molecule has 0 bridgehead atoms. The Morgan fingerprint density at radius 3 is 1.11 bits per heavy atom. The first-order valence-electron chi connectivity index (χ1n) is 11.9. The second-order valence-corrected chi connectivity index (χ2v) is 13.2. The Kier molecular flexibility index (Phi) is 8.60. The standard InChI is InChI=1S/C27H44N4O4/c1-15-14-16(28-20(32)24(2,3)4)18(30-22(34)26(8,9)10)19(31-23(35)27(11,12)13)17(15)29-21(33)25(5,6)7/h14H,1-13H3,(H,28,32)(H,29,33)(H,30,34)(H,31,35). The van der Waals surface area contributed by atoms with E-state index in [0.717, 1.165) is 0 Å². The maximum absolute atomic E-state index is 13.1. The molecule has 35 heavy (non-hydrogen) atoms. The summed E-state index contributed by atoms with van der Waals surface area (Å²) < 4.78 is 0. The highest BCUT2D eigenvalue weighted by Gasteiger charge is 2.32. The lowest BCUT2D eigenvalue weighted by Gasteiger charge is -2.29. The third-order valence-corrected chi connectivity index (χ3v) is 5.21. The molecule has 0 aromatic heterocycles. The van der Waals surface area contributed by atoms with E-state index in [4.69, 9.17) is 0 Å². The van der Waals surface area contributed by atoms with Crippen LogP contribution >= 0.6 is 0 Å². The van der Waals surface area contributed by atoms with Crippen LogP contribution < -0.4 is 21.3 Å². The van der Waals surface area contributed by atoms with Crippen molar-refractivity contribution in [1.29, 1.82) is 0 Å². The summed E-state index contributed by atoms with van der Waals surface area (Å²) in [5.41, 5.74) is -1.16. The molecule has 0 aliphatic heterocycles. The van der Waals surface area contributed by atoms with Crippen LogP contribution in [0.3, 0.4) is 0 Å². The summed E-state index contributed by atoms with van der Waals surface area (Å²) in [6, 6.07) is 1.69. The van der Waals surface area contributed by atoms with Gasteiger partial charge in [-0.1, -0.05) is 83.1 Å². The van der Waals surface area contributed by atoms with Gasteiger partial charge in [0.25, 0.3) is 0 Å². The molecule has 0 saturated carbocycles. The van der Waals surface area contributed by atoms with Crippen LogP contribution in [0.2, 0.25) is 0 Å². The van der Waals surface area contributed by atoms with Gasteiger partial charge in [-0.3, -0.25) is 19.2 Å². The summed E-state index contributed by atoms with van der Waals surface area (Å²) >= 11 is 0. The Hall–Kier alpha value is -2.90.